The van der Waals surface area contributed by atoms with Gasteiger partial charge in [-0.2, -0.15) is 0 Å². The van der Waals surface area contributed by atoms with Crippen molar-refractivity contribution >= 4 is 11.7 Å². The van der Waals surface area contributed by atoms with Crippen LogP contribution in [-0.2, 0) is 4.74 Å². The lowest BCUT2D eigenvalue weighted by atomic mass is 10.0. The quantitative estimate of drug-likeness (QED) is 0.830. The van der Waals surface area contributed by atoms with Crippen molar-refractivity contribution < 1.29 is 13.9 Å². The van der Waals surface area contributed by atoms with Crippen LogP contribution in [0.25, 0.3) is 0 Å². The molecule has 2 aromatic rings. The number of hydrogen-bond acceptors (Lipinski definition) is 4. The van der Waals surface area contributed by atoms with Crippen LogP contribution in [0.3, 0.4) is 0 Å². The highest BCUT2D eigenvalue weighted by Crippen LogP contribution is 2.28. The molecule has 1 heterocycles. The van der Waals surface area contributed by atoms with Crippen LogP contribution >= 0.6 is 0 Å². The number of nitrogens with one attached hydrogen (secondary N) is 1. The van der Waals surface area contributed by atoms with Gasteiger partial charge in [0.15, 0.2) is 0 Å². The van der Waals surface area contributed by atoms with Gasteiger partial charge in [0.25, 0.3) is 0 Å². The second-order valence-corrected chi connectivity index (χ2v) is 5.30. The van der Waals surface area contributed by atoms with E-state index in [1.165, 1.54) is 12.7 Å². The molecule has 0 fully saturated rings. The minimum atomic E-state index is -0.462. The van der Waals surface area contributed by atoms with E-state index in [4.69, 9.17) is 4.42 Å². The summed E-state index contributed by atoms with van der Waals surface area (Å²) < 4.78 is 10.2. The number of carbonyl (C=O) groups is 1. The van der Waals surface area contributed by atoms with Crippen molar-refractivity contribution in [2.24, 2.45) is 0 Å². The number of hydrogen-bond donors (Lipinski definition) is 1. The number of carbonyl (C=O) groups excluding carboxylic acids is 1. The van der Waals surface area contributed by atoms with Crippen LogP contribution in [0.1, 0.15) is 54.6 Å². The molecule has 4 heteroatoms. The predicted octanol–water partition coefficient (Wildman–Crippen LogP) is 4.36. The maximum Gasteiger partial charge on any atom is 0.373 e. The second-order valence-electron chi connectivity index (χ2n) is 5.30. The number of furan rings is 1. The first-order valence-electron chi connectivity index (χ1n) is 7.06. The molecule has 1 aromatic heterocycles. The molecule has 0 radical (unpaired) electrons. The van der Waals surface area contributed by atoms with Gasteiger partial charge in [-0.25, -0.2) is 4.79 Å². The molecule has 0 saturated heterocycles. The lowest BCUT2D eigenvalue weighted by Crippen LogP contribution is -2.08. The molecule has 0 aliphatic rings. The van der Waals surface area contributed by atoms with Crippen LogP contribution < -0.4 is 5.32 Å². The number of para-hydroxylation sites is 1. The lowest BCUT2D eigenvalue weighted by molar-refractivity contribution is 0.0562. The van der Waals surface area contributed by atoms with Gasteiger partial charge in [-0.05, 0) is 36.6 Å². The summed E-state index contributed by atoms with van der Waals surface area (Å²) in [6.45, 7) is 6.32. The van der Waals surface area contributed by atoms with E-state index in [-0.39, 0.29) is 11.8 Å². The average molecular weight is 287 g/mol. The number of benzene rings is 1. The van der Waals surface area contributed by atoms with Crippen molar-refractivity contribution in [1.82, 2.24) is 0 Å². The van der Waals surface area contributed by atoms with E-state index in [0.29, 0.717) is 11.7 Å². The summed E-state index contributed by atoms with van der Waals surface area (Å²) >= 11 is 0. The molecule has 1 N–H and O–H groups in total. The molecule has 0 amide bonds. The van der Waals surface area contributed by atoms with Gasteiger partial charge in [0.1, 0.15) is 5.76 Å². The molecular weight excluding hydrogens is 266 g/mol. The Hall–Kier alpha value is -2.23. The van der Waals surface area contributed by atoms with Gasteiger partial charge in [-0.15, -0.1) is 0 Å². The molecule has 0 saturated carbocycles. The van der Waals surface area contributed by atoms with Gasteiger partial charge < -0.3 is 14.5 Å². The first-order valence-corrected chi connectivity index (χ1v) is 7.06. The van der Waals surface area contributed by atoms with E-state index in [0.717, 1.165) is 5.69 Å². The Morgan fingerprint density at radius 2 is 1.86 bits per heavy atom. The van der Waals surface area contributed by atoms with Gasteiger partial charge in [0.05, 0.1) is 13.2 Å². The van der Waals surface area contributed by atoms with Crippen molar-refractivity contribution in [1.29, 1.82) is 0 Å². The molecule has 21 heavy (non-hydrogen) atoms. The summed E-state index contributed by atoms with van der Waals surface area (Å²) in [5.74, 6) is 0.895. The number of methoxy groups -OCH3 is 1. The van der Waals surface area contributed by atoms with Gasteiger partial charge in [-0.3, -0.25) is 0 Å². The molecule has 2 rings (SSSR count). The summed E-state index contributed by atoms with van der Waals surface area (Å²) in [5.41, 5.74) is 2.33. The second kappa shape index (κ2) is 6.48. The van der Waals surface area contributed by atoms with Crippen LogP contribution in [0, 0.1) is 0 Å². The number of ether oxygens (including phenoxy) is 1. The van der Waals surface area contributed by atoms with E-state index < -0.39 is 5.97 Å². The third-order valence-corrected chi connectivity index (χ3v) is 3.39. The Labute approximate surface area is 125 Å². The number of esters is 1. The molecule has 0 bridgehead atoms. The summed E-state index contributed by atoms with van der Waals surface area (Å²) in [4.78, 5) is 11.4. The Bertz CT molecular complexity index is 616. The fraction of sp³-hybridized carbons (Fsp3) is 0.353. The van der Waals surface area contributed by atoms with Crippen molar-refractivity contribution in [3.8, 4) is 0 Å². The zero-order valence-corrected chi connectivity index (χ0v) is 12.8. The minimum absolute atomic E-state index is 0.0386. The highest BCUT2D eigenvalue weighted by atomic mass is 16.5. The van der Waals surface area contributed by atoms with Crippen LogP contribution in [0.15, 0.2) is 40.8 Å². The lowest BCUT2D eigenvalue weighted by Gasteiger charge is -2.18. The van der Waals surface area contributed by atoms with Crippen molar-refractivity contribution in [3.05, 3.63) is 53.5 Å². The van der Waals surface area contributed by atoms with Crippen LogP contribution in [-0.4, -0.2) is 13.1 Å². The van der Waals surface area contributed by atoms with Gasteiger partial charge in [0.2, 0.25) is 5.76 Å². The van der Waals surface area contributed by atoms with E-state index in [2.05, 4.69) is 36.0 Å². The standard InChI is InChI=1S/C17H21NO3/c1-11(2)13-7-5-6-8-14(13)18-12(3)15-9-10-16(21-15)17(19)20-4/h5-12,18H,1-4H3. The molecular formula is C17H21NO3. The van der Waals surface area contributed by atoms with Crippen molar-refractivity contribution in [2.75, 3.05) is 12.4 Å². The topological polar surface area (TPSA) is 51.5 Å². The maximum atomic E-state index is 11.4. The maximum absolute atomic E-state index is 11.4. The smallest absolute Gasteiger partial charge is 0.373 e. The Morgan fingerprint density at radius 3 is 2.52 bits per heavy atom. The molecule has 112 valence electrons. The highest BCUT2D eigenvalue weighted by molar-refractivity contribution is 5.86. The Kier molecular flexibility index (Phi) is 4.68. The summed E-state index contributed by atoms with van der Waals surface area (Å²) in [6, 6.07) is 11.6. The molecule has 1 atom stereocenters. The molecule has 0 spiro atoms. The largest absolute Gasteiger partial charge is 0.463 e. The van der Waals surface area contributed by atoms with Crippen molar-refractivity contribution in [3.63, 3.8) is 0 Å². The molecule has 1 aromatic carbocycles. The first-order chi connectivity index (χ1) is 10.0. The summed E-state index contributed by atoms with van der Waals surface area (Å²) in [7, 11) is 1.34. The van der Waals surface area contributed by atoms with E-state index in [1.54, 1.807) is 12.1 Å². The monoisotopic (exact) mass is 287 g/mol. The van der Waals surface area contributed by atoms with Gasteiger partial charge in [0, 0.05) is 5.69 Å². The molecule has 0 aliphatic carbocycles. The van der Waals surface area contributed by atoms with Crippen LogP contribution in [0.4, 0.5) is 5.69 Å². The zero-order valence-electron chi connectivity index (χ0n) is 12.8. The van der Waals surface area contributed by atoms with Gasteiger partial charge >= 0.3 is 5.97 Å². The van der Waals surface area contributed by atoms with E-state index in [1.807, 2.05) is 19.1 Å². The van der Waals surface area contributed by atoms with Crippen LogP contribution in [0.5, 0.6) is 0 Å². The molecule has 4 nitrogen and oxygen atoms in total. The summed E-state index contributed by atoms with van der Waals surface area (Å²) in [6.07, 6.45) is 0. The average Bonchev–Trinajstić information content (AvgIpc) is 2.96. The number of anilines is 1. The molecule has 1 unspecified atom stereocenters. The molecule has 0 aliphatic heterocycles. The fourth-order valence-electron chi connectivity index (χ4n) is 2.23. The Balaban J connectivity index is 2.16. The summed E-state index contributed by atoms with van der Waals surface area (Å²) in [5, 5.41) is 3.43. The van der Waals surface area contributed by atoms with Crippen LogP contribution in [0.2, 0.25) is 0 Å². The van der Waals surface area contributed by atoms with E-state index >= 15 is 0 Å². The normalized spacial score (nSPS) is 12.2. The van der Waals surface area contributed by atoms with E-state index in [9.17, 15) is 4.79 Å². The third-order valence-electron chi connectivity index (χ3n) is 3.39. The predicted molar refractivity (Wildman–Crippen MR) is 82.6 cm³/mol. The van der Waals surface area contributed by atoms with Gasteiger partial charge in [-0.1, -0.05) is 32.0 Å². The number of rotatable bonds is 5. The highest BCUT2D eigenvalue weighted by Gasteiger charge is 2.16. The zero-order chi connectivity index (χ0) is 15.4. The minimum Gasteiger partial charge on any atom is -0.463 e. The Morgan fingerprint density at radius 1 is 1.14 bits per heavy atom. The van der Waals surface area contributed by atoms with Crippen molar-refractivity contribution in [2.45, 2.75) is 32.7 Å². The SMILES string of the molecule is COC(=O)c1ccc(C(C)Nc2ccccc2C(C)C)o1. The fourth-order valence-corrected chi connectivity index (χ4v) is 2.23. The third kappa shape index (κ3) is 3.45. The first kappa shape index (κ1) is 15.2.